The maximum absolute atomic E-state index is 6.33. The lowest BCUT2D eigenvalue weighted by Crippen LogP contribution is -1.97. The van der Waals surface area contributed by atoms with Crippen LogP contribution in [0.15, 0.2) is 205 Å². The molecule has 0 bridgehead atoms. The van der Waals surface area contributed by atoms with Crippen molar-refractivity contribution in [1.29, 1.82) is 0 Å². The maximum atomic E-state index is 6.33. The molecule has 57 heavy (non-hydrogen) atoms. The zero-order valence-corrected chi connectivity index (χ0v) is 30.8. The number of nitrogens with zero attached hydrogens (tertiary/aromatic N) is 3. The second-order valence-corrected chi connectivity index (χ2v) is 14.4. The van der Waals surface area contributed by atoms with Gasteiger partial charge < -0.3 is 4.42 Å². The quantitative estimate of drug-likeness (QED) is 0.160. The van der Waals surface area contributed by atoms with Gasteiger partial charge in [0.05, 0.1) is 11.4 Å². The largest absolute Gasteiger partial charge is 0.456 e. The molecule has 0 aliphatic heterocycles. The van der Waals surface area contributed by atoms with Gasteiger partial charge in [-0.05, 0) is 116 Å². The first-order chi connectivity index (χ1) is 28.2. The normalized spacial score (nSPS) is 11.5. The first kappa shape index (κ1) is 32.7. The summed E-state index contributed by atoms with van der Waals surface area (Å²) in [5.41, 5.74) is 13.1. The first-order valence-electron chi connectivity index (χ1n) is 19.2. The number of hydrogen-bond acceptors (Lipinski definition) is 4. The molecule has 266 valence electrons. The second kappa shape index (κ2) is 13.6. The molecule has 0 saturated heterocycles. The van der Waals surface area contributed by atoms with Crippen LogP contribution in [0.5, 0.6) is 0 Å². The molecule has 0 aliphatic rings. The highest BCUT2D eigenvalue weighted by atomic mass is 16.3. The van der Waals surface area contributed by atoms with Crippen molar-refractivity contribution in [2.45, 2.75) is 0 Å². The Morgan fingerprint density at radius 2 is 0.895 bits per heavy atom. The van der Waals surface area contributed by atoms with E-state index < -0.39 is 0 Å². The highest BCUT2D eigenvalue weighted by molar-refractivity contribution is 6.14. The Bertz CT molecular complexity index is 3280. The third kappa shape index (κ3) is 5.92. The fraction of sp³-hybridized carbons (Fsp3) is 0. The van der Waals surface area contributed by atoms with Crippen LogP contribution in [0.4, 0.5) is 0 Å². The van der Waals surface area contributed by atoms with Gasteiger partial charge in [0.1, 0.15) is 11.2 Å². The number of pyridine rings is 1. The average Bonchev–Trinajstić information content (AvgIpc) is 3.67. The second-order valence-electron chi connectivity index (χ2n) is 14.4. The average molecular weight is 728 g/mol. The molecule has 0 aliphatic carbocycles. The van der Waals surface area contributed by atoms with Crippen LogP contribution in [0.2, 0.25) is 0 Å². The molecule has 0 unspecified atom stereocenters. The molecule has 11 rings (SSSR count). The number of furan rings is 1. The summed E-state index contributed by atoms with van der Waals surface area (Å²) in [7, 11) is 0. The number of para-hydroxylation sites is 1. The van der Waals surface area contributed by atoms with Gasteiger partial charge in [0.2, 0.25) is 0 Å². The topological polar surface area (TPSA) is 51.8 Å². The molecule has 0 spiro atoms. The molecule has 0 atom stereocenters. The molecule has 0 N–H and O–H groups in total. The van der Waals surface area contributed by atoms with Gasteiger partial charge in [0, 0.05) is 39.9 Å². The van der Waals surface area contributed by atoms with E-state index in [1.165, 1.54) is 27.1 Å². The van der Waals surface area contributed by atoms with Crippen LogP contribution in [-0.4, -0.2) is 15.0 Å². The van der Waals surface area contributed by atoms with Gasteiger partial charge in [-0.1, -0.05) is 127 Å². The Labute approximate surface area is 329 Å². The van der Waals surface area contributed by atoms with Gasteiger partial charge in [-0.15, -0.1) is 0 Å². The SMILES string of the molecule is c1ccc(-c2nc(-c3cc(-c4ccc(-c5ccncc5)cc4)cc(-c4cc5ccccc5c5ccccc45)c3)cc(-c3ccc4c(c3)oc3ccccc34)n2)cc1. The van der Waals surface area contributed by atoms with Crippen LogP contribution >= 0.6 is 0 Å². The van der Waals surface area contributed by atoms with Crippen LogP contribution in [0.1, 0.15) is 0 Å². The predicted octanol–water partition coefficient (Wildman–Crippen LogP) is 14.1. The molecule has 4 nitrogen and oxygen atoms in total. The van der Waals surface area contributed by atoms with E-state index in [2.05, 4.69) is 145 Å². The summed E-state index contributed by atoms with van der Waals surface area (Å²) in [4.78, 5) is 14.7. The number of hydrogen-bond donors (Lipinski definition) is 0. The Kier molecular flexibility index (Phi) is 7.78. The minimum Gasteiger partial charge on any atom is -0.456 e. The Morgan fingerprint density at radius 3 is 1.70 bits per heavy atom. The molecule has 4 heteroatoms. The number of rotatable bonds is 6. The fourth-order valence-electron chi connectivity index (χ4n) is 8.13. The van der Waals surface area contributed by atoms with Crippen molar-refractivity contribution < 1.29 is 4.42 Å². The zero-order chi connectivity index (χ0) is 37.7. The van der Waals surface area contributed by atoms with E-state index in [9.17, 15) is 0 Å². The molecule has 0 fully saturated rings. The smallest absolute Gasteiger partial charge is 0.160 e. The number of aromatic nitrogens is 3. The monoisotopic (exact) mass is 727 g/mol. The Hall–Kier alpha value is -7.69. The molecule has 0 amide bonds. The van der Waals surface area contributed by atoms with E-state index in [1.807, 2.05) is 60.9 Å². The number of fused-ring (bicyclic) bond motifs is 6. The van der Waals surface area contributed by atoms with Gasteiger partial charge in [0.15, 0.2) is 5.82 Å². The summed E-state index contributed by atoms with van der Waals surface area (Å²) in [6, 6.07) is 66.3. The molecule has 8 aromatic carbocycles. The molecule has 3 aromatic heterocycles. The first-order valence-corrected chi connectivity index (χ1v) is 19.2. The van der Waals surface area contributed by atoms with Gasteiger partial charge in [-0.3, -0.25) is 4.98 Å². The maximum Gasteiger partial charge on any atom is 0.160 e. The summed E-state index contributed by atoms with van der Waals surface area (Å²) in [6.07, 6.45) is 3.67. The van der Waals surface area contributed by atoms with Crippen molar-refractivity contribution in [1.82, 2.24) is 15.0 Å². The number of benzene rings is 8. The predicted molar refractivity (Wildman–Crippen MR) is 235 cm³/mol. The van der Waals surface area contributed by atoms with E-state index in [-0.39, 0.29) is 0 Å². The summed E-state index contributed by atoms with van der Waals surface area (Å²) < 4.78 is 6.33. The third-order valence-corrected chi connectivity index (χ3v) is 11.0. The van der Waals surface area contributed by atoms with Gasteiger partial charge in [-0.25, -0.2) is 9.97 Å². The summed E-state index contributed by atoms with van der Waals surface area (Å²) in [6.45, 7) is 0. The van der Waals surface area contributed by atoms with Gasteiger partial charge in [-0.2, -0.15) is 0 Å². The van der Waals surface area contributed by atoms with Crippen molar-refractivity contribution >= 4 is 43.5 Å². The zero-order valence-electron chi connectivity index (χ0n) is 30.8. The minimum atomic E-state index is 0.664. The van der Waals surface area contributed by atoms with Gasteiger partial charge >= 0.3 is 0 Å². The van der Waals surface area contributed by atoms with E-state index in [1.54, 1.807) is 0 Å². The van der Waals surface area contributed by atoms with Crippen LogP contribution in [0.25, 0.3) is 111 Å². The fourth-order valence-corrected chi connectivity index (χ4v) is 8.13. The van der Waals surface area contributed by atoms with Crippen molar-refractivity contribution in [3.63, 3.8) is 0 Å². The standard InChI is InChI=1S/C53H33N3O/c1-2-10-37(11-3-1)53-55-49(39-22-23-47-46-16-8-9-17-51(46)57-52(47)32-39)33-50(56-53)42-29-40(35-20-18-34(19-21-35)36-24-26-54-27-25-36)28-41(30-42)48-31-38-12-4-5-13-43(38)44-14-6-7-15-45(44)48/h1-33H. The Morgan fingerprint density at radius 1 is 0.316 bits per heavy atom. The van der Waals surface area contributed by atoms with Gasteiger partial charge in [0.25, 0.3) is 0 Å². The molecule has 3 heterocycles. The summed E-state index contributed by atoms with van der Waals surface area (Å²) in [5.74, 6) is 0.664. The molecule has 0 saturated carbocycles. The molecule has 0 radical (unpaired) electrons. The van der Waals surface area contributed by atoms with E-state index >= 15 is 0 Å². The molecule has 11 aromatic rings. The van der Waals surface area contributed by atoms with E-state index in [0.717, 1.165) is 77.8 Å². The third-order valence-electron chi connectivity index (χ3n) is 11.0. The highest BCUT2D eigenvalue weighted by Crippen LogP contribution is 2.40. The molecular formula is C53H33N3O. The summed E-state index contributed by atoms with van der Waals surface area (Å²) >= 11 is 0. The van der Waals surface area contributed by atoms with Crippen LogP contribution in [0.3, 0.4) is 0 Å². The van der Waals surface area contributed by atoms with Crippen molar-refractivity contribution in [3.8, 4) is 67.3 Å². The van der Waals surface area contributed by atoms with Crippen LogP contribution < -0.4 is 0 Å². The molecular weight excluding hydrogens is 695 g/mol. The van der Waals surface area contributed by atoms with Crippen LogP contribution in [0, 0.1) is 0 Å². The van der Waals surface area contributed by atoms with E-state index in [0.29, 0.717) is 5.82 Å². The minimum absolute atomic E-state index is 0.664. The van der Waals surface area contributed by atoms with Crippen molar-refractivity contribution in [2.24, 2.45) is 0 Å². The van der Waals surface area contributed by atoms with Crippen molar-refractivity contribution in [2.75, 3.05) is 0 Å². The van der Waals surface area contributed by atoms with E-state index in [4.69, 9.17) is 14.4 Å². The summed E-state index contributed by atoms with van der Waals surface area (Å²) in [5, 5.41) is 7.08. The lowest BCUT2D eigenvalue weighted by molar-refractivity contribution is 0.669. The Balaban J connectivity index is 1.14. The lowest BCUT2D eigenvalue weighted by Gasteiger charge is -2.16. The highest BCUT2D eigenvalue weighted by Gasteiger charge is 2.17. The lowest BCUT2D eigenvalue weighted by atomic mass is 9.89. The van der Waals surface area contributed by atoms with Crippen molar-refractivity contribution in [3.05, 3.63) is 200 Å². The van der Waals surface area contributed by atoms with Crippen LogP contribution in [-0.2, 0) is 0 Å².